The number of aromatic amines is 2. The quantitative estimate of drug-likeness (QED) is 0.260. The van der Waals surface area contributed by atoms with Crippen LogP contribution < -0.4 is 15.9 Å². The molecule has 2 aromatic heterocycles. The minimum absolute atomic E-state index is 0.0295. The summed E-state index contributed by atoms with van der Waals surface area (Å²) in [5.41, 5.74) is 2.38. The second-order valence-corrected chi connectivity index (χ2v) is 8.46. The number of hydrogen-bond acceptors (Lipinski definition) is 6. The maximum absolute atomic E-state index is 12.9. The van der Waals surface area contributed by atoms with Gasteiger partial charge in [-0.2, -0.15) is 14.9 Å². The smallest absolute Gasteiger partial charge is 0.297 e. The lowest BCUT2D eigenvalue weighted by Gasteiger charge is -2.08. The van der Waals surface area contributed by atoms with Crippen LogP contribution in [0.2, 0.25) is 0 Å². The molecule has 9 heteroatoms. The van der Waals surface area contributed by atoms with Crippen molar-refractivity contribution in [2.75, 3.05) is 0 Å². The van der Waals surface area contributed by atoms with Crippen molar-refractivity contribution in [3.05, 3.63) is 133 Å². The Labute approximate surface area is 210 Å². The average Bonchev–Trinajstić information content (AvgIpc) is 2.90. The zero-order valence-electron chi connectivity index (χ0n) is 19.0. The van der Waals surface area contributed by atoms with Crippen LogP contribution in [0.3, 0.4) is 0 Å². The Morgan fingerprint density at radius 1 is 0.944 bits per heavy atom. The fourth-order valence-electron chi connectivity index (χ4n) is 3.68. The van der Waals surface area contributed by atoms with Crippen molar-refractivity contribution in [1.29, 1.82) is 0 Å². The van der Waals surface area contributed by atoms with E-state index in [0.29, 0.717) is 24.3 Å². The third-order valence-electron chi connectivity index (χ3n) is 5.54. The Hall–Kier alpha value is -4.63. The highest BCUT2D eigenvalue weighted by molar-refractivity contribution is 7.71. The van der Waals surface area contributed by atoms with Crippen molar-refractivity contribution < 1.29 is 4.74 Å². The van der Waals surface area contributed by atoms with Crippen LogP contribution in [-0.4, -0.2) is 26.1 Å². The van der Waals surface area contributed by atoms with Crippen molar-refractivity contribution in [1.82, 2.24) is 19.9 Å². The van der Waals surface area contributed by atoms with Crippen LogP contribution >= 0.6 is 12.2 Å². The van der Waals surface area contributed by atoms with E-state index >= 15 is 0 Å². The van der Waals surface area contributed by atoms with Gasteiger partial charge in [-0.15, -0.1) is 0 Å². The highest BCUT2D eigenvalue weighted by Crippen LogP contribution is 2.20. The SMILES string of the molecule is O=c1[nH]c2ccc(OCc3ccccc3)cc2cc1/C=N/n1c(=S)[nH]nc(Cc2ccccc2)c1=O. The van der Waals surface area contributed by atoms with Gasteiger partial charge in [-0.3, -0.25) is 14.7 Å². The molecule has 0 saturated carbocycles. The molecule has 8 nitrogen and oxygen atoms in total. The van der Waals surface area contributed by atoms with E-state index in [-0.39, 0.29) is 21.6 Å². The molecule has 0 aliphatic heterocycles. The van der Waals surface area contributed by atoms with Crippen LogP contribution in [-0.2, 0) is 13.0 Å². The zero-order chi connectivity index (χ0) is 24.9. The summed E-state index contributed by atoms with van der Waals surface area (Å²) in [7, 11) is 0. The van der Waals surface area contributed by atoms with Crippen molar-refractivity contribution in [3.63, 3.8) is 0 Å². The molecule has 5 aromatic rings. The largest absolute Gasteiger partial charge is 0.489 e. The summed E-state index contributed by atoms with van der Waals surface area (Å²) in [6.07, 6.45) is 1.64. The van der Waals surface area contributed by atoms with Crippen LogP contribution in [0, 0.1) is 4.77 Å². The van der Waals surface area contributed by atoms with E-state index in [9.17, 15) is 9.59 Å². The summed E-state index contributed by atoms with van der Waals surface area (Å²) >= 11 is 5.20. The monoisotopic (exact) mass is 495 g/mol. The van der Waals surface area contributed by atoms with E-state index in [4.69, 9.17) is 17.0 Å². The second kappa shape index (κ2) is 10.3. The van der Waals surface area contributed by atoms with Crippen molar-refractivity contribution in [2.45, 2.75) is 13.0 Å². The molecule has 36 heavy (non-hydrogen) atoms. The predicted molar refractivity (Wildman–Crippen MR) is 141 cm³/mol. The number of H-pyrrole nitrogens is 2. The van der Waals surface area contributed by atoms with Gasteiger partial charge in [0.25, 0.3) is 11.1 Å². The molecule has 0 atom stereocenters. The Morgan fingerprint density at radius 2 is 1.67 bits per heavy atom. The third-order valence-corrected chi connectivity index (χ3v) is 5.80. The minimum atomic E-state index is -0.451. The number of hydrogen-bond donors (Lipinski definition) is 2. The topological polar surface area (TPSA) is 105 Å². The van der Waals surface area contributed by atoms with Crippen molar-refractivity contribution >= 4 is 29.3 Å². The van der Waals surface area contributed by atoms with Crippen LogP contribution in [0.25, 0.3) is 10.9 Å². The molecule has 0 aliphatic rings. The number of ether oxygens (including phenoxy) is 1. The first-order chi connectivity index (χ1) is 17.6. The van der Waals surface area contributed by atoms with E-state index < -0.39 is 5.56 Å². The molecule has 0 saturated heterocycles. The Balaban J connectivity index is 1.42. The van der Waals surface area contributed by atoms with E-state index in [1.165, 1.54) is 6.21 Å². The summed E-state index contributed by atoms with van der Waals surface area (Å²) in [5, 5.41) is 11.7. The Kier molecular flexibility index (Phi) is 6.63. The highest BCUT2D eigenvalue weighted by Gasteiger charge is 2.09. The molecular weight excluding hydrogens is 474 g/mol. The first kappa shape index (κ1) is 23.1. The molecule has 0 aliphatic carbocycles. The number of benzene rings is 3. The van der Waals surface area contributed by atoms with Crippen LogP contribution in [0.4, 0.5) is 0 Å². The first-order valence-electron chi connectivity index (χ1n) is 11.2. The van der Waals surface area contributed by atoms with Crippen LogP contribution in [0.1, 0.15) is 22.4 Å². The van der Waals surface area contributed by atoms with E-state index in [1.807, 2.05) is 66.7 Å². The molecule has 0 bridgehead atoms. The summed E-state index contributed by atoms with van der Waals surface area (Å²) in [4.78, 5) is 28.4. The predicted octanol–water partition coefficient (Wildman–Crippen LogP) is 4.19. The maximum Gasteiger partial charge on any atom is 0.297 e. The molecule has 178 valence electrons. The lowest BCUT2D eigenvalue weighted by molar-refractivity contribution is 0.306. The van der Waals surface area contributed by atoms with Gasteiger partial charge in [0.15, 0.2) is 0 Å². The molecule has 5 rings (SSSR count). The fourth-order valence-corrected chi connectivity index (χ4v) is 3.86. The molecule has 0 spiro atoms. The van der Waals surface area contributed by atoms with Crippen LogP contribution in [0.5, 0.6) is 5.75 Å². The van der Waals surface area contributed by atoms with Crippen molar-refractivity contribution in [3.8, 4) is 5.75 Å². The molecule has 2 heterocycles. The normalized spacial score (nSPS) is 11.2. The standard InChI is InChI=1S/C27H21N5O3S/c33-25-21(14-20-15-22(11-12-23(20)29-25)35-17-19-9-5-2-6-10-19)16-28-32-26(34)24(30-31-27(32)36)13-18-7-3-1-4-8-18/h1-12,14-16H,13,17H2,(H,29,33)(H,31,36)/b28-16+. The molecule has 0 unspecified atom stereocenters. The molecule has 3 aromatic carbocycles. The van der Waals surface area contributed by atoms with Gasteiger partial charge >= 0.3 is 0 Å². The van der Waals surface area contributed by atoms with Crippen LogP contribution in [0.15, 0.2) is 99.6 Å². The average molecular weight is 496 g/mol. The Bertz CT molecular complexity index is 1720. The maximum atomic E-state index is 12.9. The van der Waals surface area contributed by atoms with Crippen molar-refractivity contribution in [2.24, 2.45) is 5.10 Å². The number of rotatable bonds is 7. The third kappa shape index (κ3) is 5.21. The van der Waals surface area contributed by atoms with Gasteiger partial charge < -0.3 is 9.72 Å². The van der Waals surface area contributed by atoms with Gasteiger partial charge in [-0.1, -0.05) is 60.7 Å². The lowest BCUT2D eigenvalue weighted by Crippen LogP contribution is -2.25. The minimum Gasteiger partial charge on any atom is -0.489 e. The summed E-state index contributed by atoms with van der Waals surface area (Å²) in [5.74, 6) is 0.666. The van der Waals surface area contributed by atoms with Gasteiger partial charge in [0.2, 0.25) is 4.77 Å². The number of aromatic nitrogens is 4. The first-order valence-corrected chi connectivity index (χ1v) is 11.6. The molecule has 0 radical (unpaired) electrons. The number of nitrogens with one attached hydrogen (secondary N) is 2. The highest BCUT2D eigenvalue weighted by atomic mass is 32.1. The summed E-state index contributed by atoms with van der Waals surface area (Å²) in [6.45, 7) is 0.429. The van der Waals surface area contributed by atoms with Gasteiger partial charge in [0.1, 0.15) is 18.1 Å². The fraction of sp³-hybridized carbons (Fsp3) is 0.0741. The number of pyridine rings is 1. The van der Waals surface area contributed by atoms with Gasteiger partial charge in [0, 0.05) is 17.3 Å². The van der Waals surface area contributed by atoms with Gasteiger partial charge in [-0.05, 0) is 47.6 Å². The zero-order valence-corrected chi connectivity index (χ0v) is 19.9. The molecule has 0 amide bonds. The molecular formula is C27H21N5O3S. The lowest BCUT2D eigenvalue weighted by atomic mass is 10.1. The summed E-state index contributed by atoms with van der Waals surface area (Å²) < 4.78 is 6.96. The number of nitrogens with zero attached hydrogens (tertiary/aromatic N) is 3. The van der Waals surface area contributed by atoms with Gasteiger partial charge in [0.05, 0.1) is 11.8 Å². The van der Waals surface area contributed by atoms with E-state index in [0.717, 1.165) is 21.2 Å². The Morgan fingerprint density at radius 3 is 2.42 bits per heavy atom. The second-order valence-electron chi connectivity index (χ2n) is 8.08. The molecule has 2 N–H and O–H groups in total. The summed E-state index contributed by atoms with van der Waals surface area (Å²) in [6, 6.07) is 26.5. The van der Waals surface area contributed by atoms with E-state index in [1.54, 1.807) is 18.2 Å². The van der Waals surface area contributed by atoms with Gasteiger partial charge in [-0.25, -0.2) is 0 Å². The van der Waals surface area contributed by atoms with E-state index in [2.05, 4.69) is 20.3 Å². The molecule has 0 fully saturated rings. The number of fused-ring (bicyclic) bond motifs is 1.